The van der Waals surface area contributed by atoms with Crippen LogP contribution < -0.4 is 10.1 Å². The Kier molecular flexibility index (Phi) is 7.18. The predicted octanol–water partition coefficient (Wildman–Crippen LogP) is 4.05. The van der Waals surface area contributed by atoms with Gasteiger partial charge in [-0.2, -0.15) is 0 Å². The van der Waals surface area contributed by atoms with Crippen LogP contribution in [0.3, 0.4) is 0 Å². The van der Waals surface area contributed by atoms with Gasteiger partial charge in [0.1, 0.15) is 5.75 Å². The number of carbonyl (C=O) groups is 1. The van der Waals surface area contributed by atoms with Crippen molar-refractivity contribution in [3.05, 3.63) is 59.7 Å². The number of benzene rings is 2. The topological polar surface area (TPSA) is 41.6 Å². The van der Waals surface area contributed by atoms with Gasteiger partial charge in [0.2, 0.25) is 5.91 Å². The highest BCUT2D eigenvalue weighted by Crippen LogP contribution is 2.26. The highest BCUT2D eigenvalue weighted by atomic mass is 32.2. The lowest BCUT2D eigenvalue weighted by Gasteiger charge is -2.28. The molecule has 1 unspecified atom stereocenters. The summed E-state index contributed by atoms with van der Waals surface area (Å²) in [5.41, 5.74) is 2.46. The Hall–Kier alpha value is -1.98. The van der Waals surface area contributed by atoms with Crippen LogP contribution in [0.25, 0.3) is 0 Å². The Morgan fingerprint density at radius 2 is 1.78 bits per heavy atom. The maximum atomic E-state index is 12.4. The van der Waals surface area contributed by atoms with E-state index < -0.39 is 0 Å². The van der Waals surface area contributed by atoms with Gasteiger partial charge in [-0.1, -0.05) is 29.8 Å². The number of amides is 1. The van der Waals surface area contributed by atoms with Crippen LogP contribution in [-0.4, -0.2) is 43.3 Å². The maximum Gasteiger partial charge on any atom is 0.230 e. The Morgan fingerprint density at radius 3 is 2.41 bits per heavy atom. The lowest BCUT2D eigenvalue weighted by Crippen LogP contribution is -2.37. The van der Waals surface area contributed by atoms with E-state index in [1.54, 1.807) is 18.9 Å². The van der Waals surface area contributed by atoms with Gasteiger partial charge in [0.25, 0.3) is 0 Å². The number of thioether (sulfide) groups is 1. The van der Waals surface area contributed by atoms with Crippen molar-refractivity contribution in [3.63, 3.8) is 0 Å². The Labute approximate surface area is 166 Å². The van der Waals surface area contributed by atoms with Crippen molar-refractivity contribution in [3.8, 4) is 5.75 Å². The monoisotopic (exact) mass is 384 g/mol. The zero-order valence-electron chi connectivity index (χ0n) is 16.1. The molecule has 3 rings (SSSR count). The van der Waals surface area contributed by atoms with Gasteiger partial charge in [0.05, 0.1) is 18.9 Å². The van der Waals surface area contributed by atoms with Crippen LogP contribution >= 0.6 is 11.8 Å². The molecule has 1 heterocycles. The van der Waals surface area contributed by atoms with Crippen molar-refractivity contribution in [1.29, 1.82) is 0 Å². The molecule has 0 bridgehead atoms. The zero-order valence-corrected chi connectivity index (χ0v) is 16.9. The van der Waals surface area contributed by atoms with E-state index in [-0.39, 0.29) is 11.9 Å². The maximum absolute atomic E-state index is 12.4. The average Bonchev–Trinajstić information content (AvgIpc) is 3.23. The minimum absolute atomic E-state index is 0.0817. The molecule has 27 heavy (non-hydrogen) atoms. The number of nitrogens with one attached hydrogen (secondary N) is 1. The second-order valence-corrected chi connectivity index (χ2v) is 7.99. The highest BCUT2D eigenvalue weighted by Gasteiger charge is 2.24. The largest absolute Gasteiger partial charge is 0.497 e. The highest BCUT2D eigenvalue weighted by molar-refractivity contribution is 8.00. The molecular weight excluding hydrogens is 356 g/mol. The van der Waals surface area contributed by atoms with Crippen LogP contribution in [0.5, 0.6) is 5.75 Å². The van der Waals surface area contributed by atoms with Crippen LogP contribution in [0.2, 0.25) is 0 Å². The fraction of sp³-hybridized carbons (Fsp3) is 0.409. The Bertz CT molecular complexity index is 725. The fourth-order valence-corrected chi connectivity index (χ4v) is 4.11. The third kappa shape index (κ3) is 5.75. The molecule has 4 nitrogen and oxygen atoms in total. The summed E-state index contributed by atoms with van der Waals surface area (Å²) in [5, 5.41) is 3.14. The summed E-state index contributed by atoms with van der Waals surface area (Å²) in [7, 11) is 1.68. The number of hydrogen-bond acceptors (Lipinski definition) is 4. The van der Waals surface area contributed by atoms with Gasteiger partial charge >= 0.3 is 0 Å². The minimum Gasteiger partial charge on any atom is -0.497 e. The number of hydrogen-bond donors (Lipinski definition) is 1. The van der Waals surface area contributed by atoms with Gasteiger partial charge in [-0.25, -0.2) is 0 Å². The van der Waals surface area contributed by atoms with Gasteiger partial charge in [-0.3, -0.25) is 9.69 Å². The standard InChI is InChI=1S/C22H28N2O2S/c1-17-5-11-20(12-6-17)27-16-22(25)23-15-21(24-13-3-4-14-24)18-7-9-19(26-2)10-8-18/h5-12,21H,3-4,13-16H2,1-2H3,(H,23,25). The summed E-state index contributed by atoms with van der Waals surface area (Å²) in [5.74, 6) is 1.38. The number of carbonyl (C=O) groups excluding carboxylic acids is 1. The molecule has 1 amide bonds. The average molecular weight is 385 g/mol. The number of ether oxygens (including phenoxy) is 1. The summed E-state index contributed by atoms with van der Waals surface area (Å²) in [6.45, 7) is 4.88. The predicted molar refractivity (Wildman–Crippen MR) is 111 cm³/mol. The van der Waals surface area contributed by atoms with Crippen LogP contribution in [0.15, 0.2) is 53.4 Å². The van der Waals surface area contributed by atoms with E-state index in [2.05, 4.69) is 53.5 Å². The molecule has 1 saturated heterocycles. The van der Waals surface area contributed by atoms with Gasteiger partial charge in [0, 0.05) is 11.4 Å². The van der Waals surface area contributed by atoms with Crippen LogP contribution in [-0.2, 0) is 4.79 Å². The molecule has 5 heteroatoms. The number of methoxy groups -OCH3 is 1. The summed E-state index contributed by atoms with van der Waals surface area (Å²) in [6.07, 6.45) is 2.45. The molecule has 1 atom stereocenters. The first kappa shape index (κ1) is 19.8. The summed E-state index contributed by atoms with van der Waals surface area (Å²) < 4.78 is 5.27. The van der Waals surface area contributed by atoms with E-state index in [1.807, 2.05) is 12.1 Å². The normalized spacial score (nSPS) is 15.5. The molecule has 1 N–H and O–H groups in total. The molecule has 1 fully saturated rings. The van der Waals surface area contributed by atoms with Gasteiger partial charge in [-0.05, 0) is 62.7 Å². The molecule has 0 saturated carbocycles. The van der Waals surface area contributed by atoms with Crippen molar-refractivity contribution in [2.24, 2.45) is 0 Å². The fourth-order valence-electron chi connectivity index (χ4n) is 3.38. The van der Waals surface area contributed by atoms with Crippen molar-refractivity contribution < 1.29 is 9.53 Å². The van der Waals surface area contributed by atoms with Gasteiger partial charge in [0.15, 0.2) is 0 Å². The molecule has 0 spiro atoms. The first-order valence-electron chi connectivity index (χ1n) is 9.50. The van der Waals surface area contributed by atoms with Crippen molar-refractivity contribution in [2.75, 3.05) is 32.5 Å². The SMILES string of the molecule is COc1ccc(C(CNC(=O)CSc2ccc(C)cc2)N2CCCC2)cc1. The van der Waals surface area contributed by atoms with E-state index >= 15 is 0 Å². The first-order chi connectivity index (χ1) is 13.2. The van der Waals surface area contributed by atoms with E-state index in [4.69, 9.17) is 4.74 Å². The first-order valence-corrected chi connectivity index (χ1v) is 10.5. The second kappa shape index (κ2) is 9.81. The number of rotatable bonds is 8. The molecule has 1 aliphatic heterocycles. The lowest BCUT2D eigenvalue weighted by molar-refractivity contribution is -0.118. The third-order valence-corrected chi connectivity index (χ3v) is 5.98. The molecule has 2 aromatic rings. The van der Waals surface area contributed by atoms with E-state index in [0.29, 0.717) is 12.3 Å². The van der Waals surface area contributed by atoms with Crippen LogP contribution in [0, 0.1) is 6.92 Å². The number of likely N-dealkylation sites (tertiary alicyclic amines) is 1. The number of aryl methyl sites for hydroxylation is 1. The summed E-state index contributed by atoms with van der Waals surface area (Å²) in [4.78, 5) is 16.0. The van der Waals surface area contributed by atoms with Crippen molar-refractivity contribution in [2.45, 2.75) is 30.7 Å². The molecule has 0 aromatic heterocycles. The molecule has 2 aromatic carbocycles. The molecule has 1 aliphatic rings. The van der Waals surface area contributed by atoms with Crippen molar-refractivity contribution >= 4 is 17.7 Å². The quantitative estimate of drug-likeness (QED) is 0.697. The smallest absolute Gasteiger partial charge is 0.230 e. The second-order valence-electron chi connectivity index (χ2n) is 6.94. The van der Waals surface area contributed by atoms with Crippen LogP contribution in [0.1, 0.15) is 30.0 Å². The van der Waals surface area contributed by atoms with E-state index in [9.17, 15) is 4.79 Å². The van der Waals surface area contributed by atoms with E-state index in [0.717, 1.165) is 23.7 Å². The number of nitrogens with zero attached hydrogens (tertiary/aromatic N) is 1. The molecular formula is C22H28N2O2S. The third-order valence-electron chi connectivity index (χ3n) is 4.97. The Morgan fingerprint density at radius 1 is 1.11 bits per heavy atom. The van der Waals surface area contributed by atoms with Crippen molar-refractivity contribution in [1.82, 2.24) is 10.2 Å². The Balaban J connectivity index is 1.56. The van der Waals surface area contributed by atoms with E-state index in [1.165, 1.54) is 24.0 Å². The van der Waals surface area contributed by atoms with Crippen LogP contribution in [0.4, 0.5) is 0 Å². The summed E-state index contributed by atoms with van der Waals surface area (Å²) in [6, 6.07) is 16.7. The molecule has 0 radical (unpaired) electrons. The molecule has 144 valence electrons. The van der Waals surface area contributed by atoms with Gasteiger partial charge < -0.3 is 10.1 Å². The van der Waals surface area contributed by atoms with Gasteiger partial charge in [-0.15, -0.1) is 11.8 Å². The summed E-state index contributed by atoms with van der Waals surface area (Å²) >= 11 is 1.58. The zero-order chi connectivity index (χ0) is 19.1. The lowest BCUT2D eigenvalue weighted by atomic mass is 10.1. The minimum atomic E-state index is 0.0817. The molecule has 0 aliphatic carbocycles.